The molecule has 2 heterocycles. The standard InChI is InChI=1S/C17H28O21S3/c1-28-5-6-9(29-2)12(35-38-39(20)21)13(37-41(25,26)27)16(32-6)34-17(31-4)7-8(17)11(36-40(22,23)24)15(30-3)33-10(7)14(18)19/h6-13,15-16H,5H2,1-4H3,(H,18,19)(H,20,21)(H,22,23,24)(H,25,26,27)/t6?,7-,8-,9+,10?,11?,12-,13?,15+,16-,17?/m0/s1. The Labute approximate surface area is 235 Å². The van der Waals surface area contributed by atoms with Gasteiger partial charge >= 0.3 is 38.1 Å². The fraction of sp³-hybridized carbons (Fsp3) is 0.941. The van der Waals surface area contributed by atoms with Gasteiger partial charge in [-0.25, -0.2) is 18.0 Å². The monoisotopic (exact) mass is 664 g/mol. The molecule has 240 valence electrons. The fourth-order valence-corrected chi connectivity index (χ4v) is 6.13. The SMILES string of the molecule is COCC1O[C@@H](OC2(OC)[C@@H]3C(C(=O)O)O[C@@H](OC)C(OS(=O)(=O)O)[C@H]32)C(OS(=O)(=O)O)[C@@H](OOS(=O)O)[C@@H]1OC. The van der Waals surface area contributed by atoms with Crippen LogP contribution in [0.4, 0.5) is 0 Å². The maximum atomic E-state index is 12.0. The average molecular weight is 665 g/mol. The molecule has 3 rings (SSSR count). The van der Waals surface area contributed by atoms with Crippen LogP contribution in [-0.4, -0.2) is 136 Å². The summed E-state index contributed by atoms with van der Waals surface area (Å²) in [5.41, 5.74) is 0. The fourth-order valence-electron chi connectivity index (χ4n) is 5.00. The van der Waals surface area contributed by atoms with Gasteiger partial charge in [0.25, 0.3) is 0 Å². The maximum absolute atomic E-state index is 12.0. The highest BCUT2D eigenvalue weighted by Crippen LogP contribution is 2.63. The molecule has 1 saturated carbocycles. The van der Waals surface area contributed by atoms with Crippen LogP contribution < -0.4 is 0 Å². The number of rotatable bonds is 15. The zero-order chi connectivity index (χ0) is 30.9. The van der Waals surface area contributed by atoms with Crippen LogP contribution in [0.1, 0.15) is 0 Å². The smallest absolute Gasteiger partial charge is 0.397 e. The Morgan fingerprint density at radius 2 is 1.49 bits per heavy atom. The van der Waals surface area contributed by atoms with E-state index >= 15 is 0 Å². The molecule has 3 fully saturated rings. The average Bonchev–Trinajstić information content (AvgIpc) is 3.51. The minimum atomic E-state index is -5.37. The topological polar surface area (TPSA) is 285 Å². The number of carboxylic acid groups (broad SMARTS) is 1. The van der Waals surface area contributed by atoms with Gasteiger partial charge < -0.3 is 38.3 Å². The van der Waals surface area contributed by atoms with Crippen molar-refractivity contribution in [3.8, 4) is 0 Å². The molecule has 0 bridgehead atoms. The number of ether oxygens (including phenoxy) is 7. The van der Waals surface area contributed by atoms with Crippen molar-refractivity contribution in [3.63, 3.8) is 0 Å². The molecule has 0 radical (unpaired) electrons. The largest absolute Gasteiger partial charge is 0.479 e. The highest BCUT2D eigenvalue weighted by Gasteiger charge is 2.80. The van der Waals surface area contributed by atoms with Gasteiger partial charge in [0.1, 0.15) is 18.3 Å². The Balaban J connectivity index is 2.09. The molecule has 0 aromatic carbocycles. The summed E-state index contributed by atoms with van der Waals surface area (Å²) in [7, 11) is -6.19. The molecule has 2 aliphatic heterocycles. The summed E-state index contributed by atoms with van der Waals surface area (Å²) in [6.45, 7) is -0.313. The molecular weight excluding hydrogens is 636 g/mol. The first-order valence-corrected chi connectivity index (χ1v) is 14.9. The molecule has 0 aromatic rings. The number of hydrogen-bond donors (Lipinski definition) is 4. The van der Waals surface area contributed by atoms with E-state index in [1.807, 2.05) is 0 Å². The van der Waals surface area contributed by atoms with E-state index in [1.54, 1.807) is 0 Å². The normalized spacial score (nSPS) is 40.1. The van der Waals surface area contributed by atoms with E-state index in [2.05, 4.69) is 12.7 Å². The second kappa shape index (κ2) is 13.3. The molecule has 12 atom stereocenters. The van der Waals surface area contributed by atoms with Crippen LogP contribution in [-0.2, 0) is 87.7 Å². The zero-order valence-corrected chi connectivity index (χ0v) is 23.9. The van der Waals surface area contributed by atoms with Crippen LogP contribution in [0.5, 0.6) is 0 Å². The number of carbonyl (C=O) groups is 1. The molecule has 6 unspecified atom stereocenters. The van der Waals surface area contributed by atoms with Gasteiger partial charge in [0.05, 0.1) is 18.4 Å². The lowest BCUT2D eigenvalue weighted by atomic mass is 9.99. The van der Waals surface area contributed by atoms with Crippen LogP contribution in [0.25, 0.3) is 0 Å². The number of hydrogen-bond acceptors (Lipinski definition) is 17. The van der Waals surface area contributed by atoms with Crippen molar-refractivity contribution < 1.29 is 95.3 Å². The van der Waals surface area contributed by atoms with Crippen molar-refractivity contribution in [1.82, 2.24) is 0 Å². The summed E-state index contributed by atoms with van der Waals surface area (Å²) in [5, 5.41) is 9.76. The van der Waals surface area contributed by atoms with Crippen LogP contribution in [0.15, 0.2) is 0 Å². The Kier molecular flexibility index (Phi) is 11.2. The van der Waals surface area contributed by atoms with Crippen molar-refractivity contribution in [2.45, 2.75) is 55.0 Å². The van der Waals surface area contributed by atoms with Gasteiger partial charge in [-0.3, -0.25) is 13.7 Å². The van der Waals surface area contributed by atoms with E-state index in [1.165, 1.54) is 7.11 Å². The maximum Gasteiger partial charge on any atom is 0.397 e. The third kappa shape index (κ3) is 7.73. The predicted molar refractivity (Wildman–Crippen MR) is 122 cm³/mol. The zero-order valence-electron chi connectivity index (χ0n) is 21.4. The number of fused-ring (bicyclic) bond motifs is 1. The molecule has 4 N–H and O–H groups in total. The Hall–Kier alpha value is -1.04. The number of aliphatic carboxylic acids is 1. The molecule has 41 heavy (non-hydrogen) atoms. The highest BCUT2D eigenvalue weighted by atomic mass is 32.3. The van der Waals surface area contributed by atoms with Crippen LogP contribution >= 0.6 is 0 Å². The summed E-state index contributed by atoms with van der Waals surface area (Å²) in [5.74, 6) is -6.65. The van der Waals surface area contributed by atoms with E-state index < -0.39 is 105 Å². The summed E-state index contributed by atoms with van der Waals surface area (Å²) in [4.78, 5) is 16.9. The Morgan fingerprint density at radius 1 is 0.878 bits per heavy atom. The summed E-state index contributed by atoms with van der Waals surface area (Å²) in [6.07, 6.45) is -13.9. The van der Waals surface area contributed by atoms with Crippen molar-refractivity contribution in [2.24, 2.45) is 11.8 Å². The Morgan fingerprint density at radius 3 is 1.95 bits per heavy atom. The number of methoxy groups -OCH3 is 4. The summed E-state index contributed by atoms with van der Waals surface area (Å²) < 4.78 is 137. The lowest BCUT2D eigenvalue weighted by Gasteiger charge is -2.44. The first-order valence-electron chi connectivity index (χ1n) is 11.1. The van der Waals surface area contributed by atoms with Gasteiger partial charge in [-0.15, -0.1) is 4.33 Å². The van der Waals surface area contributed by atoms with E-state index in [4.69, 9.17) is 42.6 Å². The van der Waals surface area contributed by atoms with Crippen LogP contribution in [0, 0.1) is 11.8 Å². The van der Waals surface area contributed by atoms with Crippen molar-refractivity contribution in [2.75, 3.05) is 35.0 Å². The van der Waals surface area contributed by atoms with Gasteiger partial charge in [-0.05, 0) is 0 Å². The van der Waals surface area contributed by atoms with Gasteiger partial charge in [0.15, 0.2) is 36.7 Å². The second-order valence-corrected chi connectivity index (χ2v) is 11.3. The molecule has 21 nitrogen and oxygen atoms in total. The number of carboxylic acids is 1. The molecule has 0 amide bonds. The molecule has 1 aliphatic carbocycles. The molecule has 2 saturated heterocycles. The first-order chi connectivity index (χ1) is 19.0. The summed E-state index contributed by atoms with van der Waals surface area (Å²) in [6, 6.07) is 0. The third-order valence-corrected chi connectivity index (χ3v) is 7.53. The minimum Gasteiger partial charge on any atom is -0.479 e. The molecule has 24 heteroatoms. The van der Waals surface area contributed by atoms with Crippen LogP contribution in [0.3, 0.4) is 0 Å². The van der Waals surface area contributed by atoms with E-state index in [0.717, 1.165) is 21.3 Å². The van der Waals surface area contributed by atoms with E-state index in [0.29, 0.717) is 0 Å². The molecule has 0 spiro atoms. The highest BCUT2D eigenvalue weighted by molar-refractivity contribution is 7.81. The van der Waals surface area contributed by atoms with E-state index in [9.17, 15) is 40.1 Å². The van der Waals surface area contributed by atoms with Crippen molar-refractivity contribution in [1.29, 1.82) is 0 Å². The lowest BCUT2D eigenvalue weighted by molar-refractivity contribution is -0.383. The van der Waals surface area contributed by atoms with E-state index in [-0.39, 0.29) is 6.61 Å². The van der Waals surface area contributed by atoms with Gasteiger partial charge in [-0.1, -0.05) is 0 Å². The minimum absolute atomic E-state index is 0.313. The predicted octanol–water partition coefficient (Wildman–Crippen LogP) is -2.74. The van der Waals surface area contributed by atoms with Gasteiger partial charge in [0.2, 0.25) is 0 Å². The summed E-state index contributed by atoms with van der Waals surface area (Å²) >= 11 is -3.07. The van der Waals surface area contributed by atoms with Crippen LogP contribution in [0.2, 0.25) is 0 Å². The Bertz CT molecular complexity index is 1160. The van der Waals surface area contributed by atoms with Gasteiger partial charge in [0, 0.05) is 28.4 Å². The quantitative estimate of drug-likeness (QED) is 0.0454. The molecule has 3 aliphatic rings. The third-order valence-electron chi connectivity index (χ3n) is 6.40. The molecular formula is C17H28O21S3. The van der Waals surface area contributed by atoms with Crippen molar-refractivity contribution in [3.05, 3.63) is 0 Å². The van der Waals surface area contributed by atoms with Crippen molar-refractivity contribution >= 4 is 38.1 Å². The second-order valence-electron chi connectivity index (χ2n) is 8.62. The van der Waals surface area contributed by atoms with Gasteiger partial charge in [-0.2, -0.15) is 21.0 Å². The lowest BCUT2D eigenvalue weighted by Crippen LogP contribution is -2.63. The first kappa shape index (κ1) is 34.5. The molecule has 0 aromatic heterocycles.